The standard InChI is InChI=1S/C22H18BrN3O6/c1-30-15-6-7-19(31-2)16(11-15)17-12-18(13-4-3-5-14(10-13)26(28)29)25(24-17)22(27)20-8-9-21(23)32-20/h3-11,18H,12H2,1-2H3/t18-/m0/s1. The number of hydrazone groups is 1. The zero-order chi connectivity index (χ0) is 22.8. The minimum Gasteiger partial charge on any atom is -0.497 e. The Kier molecular flexibility index (Phi) is 5.95. The normalized spacial score (nSPS) is 15.4. The summed E-state index contributed by atoms with van der Waals surface area (Å²) in [4.78, 5) is 24.1. The van der Waals surface area contributed by atoms with Crippen molar-refractivity contribution in [3.05, 3.63) is 86.3 Å². The predicted octanol–water partition coefficient (Wildman–Crippen LogP) is 4.96. The van der Waals surface area contributed by atoms with Gasteiger partial charge in [0, 0.05) is 24.1 Å². The molecule has 0 saturated carbocycles. The number of furan rings is 1. The van der Waals surface area contributed by atoms with Crippen LogP contribution in [0.3, 0.4) is 0 Å². The summed E-state index contributed by atoms with van der Waals surface area (Å²) in [5.74, 6) is 0.798. The molecule has 0 spiro atoms. The molecule has 2 aromatic carbocycles. The van der Waals surface area contributed by atoms with Gasteiger partial charge in [-0.15, -0.1) is 0 Å². The second-order valence-electron chi connectivity index (χ2n) is 6.94. The van der Waals surface area contributed by atoms with Gasteiger partial charge in [0.2, 0.25) is 0 Å². The van der Waals surface area contributed by atoms with Crippen molar-refractivity contribution in [3.63, 3.8) is 0 Å². The van der Waals surface area contributed by atoms with Crippen LogP contribution < -0.4 is 9.47 Å². The van der Waals surface area contributed by atoms with Gasteiger partial charge in [0.15, 0.2) is 10.4 Å². The van der Waals surface area contributed by atoms with E-state index >= 15 is 0 Å². The largest absolute Gasteiger partial charge is 0.497 e. The molecule has 1 aromatic heterocycles. The van der Waals surface area contributed by atoms with Gasteiger partial charge in [-0.25, -0.2) is 5.01 Å². The lowest BCUT2D eigenvalue weighted by Gasteiger charge is -2.21. The van der Waals surface area contributed by atoms with Crippen molar-refractivity contribution in [1.82, 2.24) is 5.01 Å². The van der Waals surface area contributed by atoms with Crippen LogP contribution in [-0.2, 0) is 0 Å². The van der Waals surface area contributed by atoms with Gasteiger partial charge in [-0.1, -0.05) is 12.1 Å². The van der Waals surface area contributed by atoms with Crippen LogP contribution in [0.2, 0.25) is 0 Å². The summed E-state index contributed by atoms with van der Waals surface area (Å²) in [6, 6.07) is 14.0. The number of methoxy groups -OCH3 is 2. The van der Waals surface area contributed by atoms with Crippen LogP contribution in [0.4, 0.5) is 5.69 Å². The van der Waals surface area contributed by atoms with Crippen molar-refractivity contribution in [2.45, 2.75) is 12.5 Å². The lowest BCUT2D eigenvalue weighted by molar-refractivity contribution is -0.384. The van der Waals surface area contributed by atoms with Gasteiger partial charge in [0.05, 0.1) is 30.9 Å². The summed E-state index contributed by atoms with van der Waals surface area (Å²) in [6.45, 7) is 0. The highest BCUT2D eigenvalue weighted by Crippen LogP contribution is 2.38. The zero-order valence-corrected chi connectivity index (χ0v) is 18.7. The van der Waals surface area contributed by atoms with E-state index in [4.69, 9.17) is 13.9 Å². The summed E-state index contributed by atoms with van der Waals surface area (Å²) >= 11 is 3.20. The highest BCUT2D eigenvalue weighted by molar-refractivity contribution is 9.10. The summed E-state index contributed by atoms with van der Waals surface area (Å²) in [7, 11) is 3.10. The van der Waals surface area contributed by atoms with Crippen molar-refractivity contribution in [3.8, 4) is 11.5 Å². The Labute approximate surface area is 191 Å². The first-order valence-corrected chi connectivity index (χ1v) is 10.3. The number of carbonyl (C=O) groups excluding carboxylic acids is 1. The molecule has 1 aliphatic heterocycles. The van der Waals surface area contributed by atoms with Gasteiger partial charge in [-0.3, -0.25) is 14.9 Å². The Bertz CT molecular complexity index is 1220. The van der Waals surface area contributed by atoms with Crippen LogP contribution in [0.15, 0.2) is 68.8 Å². The molecule has 9 nitrogen and oxygen atoms in total. The number of carbonyl (C=O) groups is 1. The lowest BCUT2D eigenvalue weighted by Crippen LogP contribution is -2.26. The number of hydrogen-bond acceptors (Lipinski definition) is 7. The molecule has 32 heavy (non-hydrogen) atoms. The fourth-order valence-corrected chi connectivity index (χ4v) is 3.85. The number of ether oxygens (including phenoxy) is 2. The minimum atomic E-state index is -0.572. The van der Waals surface area contributed by atoms with E-state index in [-0.39, 0.29) is 11.4 Å². The lowest BCUT2D eigenvalue weighted by atomic mass is 9.97. The summed E-state index contributed by atoms with van der Waals surface area (Å²) in [6.07, 6.45) is 0.318. The zero-order valence-electron chi connectivity index (χ0n) is 17.1. The maximum atomic E-state index is 13.2. The number of rotatable bonds is 6. The van der Waals surface area contributed by atoms with Gasteiger partial charge in [0.25, 0.3) is 5.69 Å². The van der Waals surface area contributed by atoms with Gasteiger partial charge < -0.3 is 13.9 Å². The van der Waals surface area contributed by atoms with Gasteiger partial charge in [-0.2, -0.15) is 5.10 Å². The molecule has 0 aliphatic carbocycles. The summed E-state index contributed by atoms with van der Waals surface area (Å²) in [5, 5.41) is 17.2. The quantitative estimate of drug-likeness (QED) is 0.350. The maximum Gasteiger partial charge on any atom is 0.310 e. The molecule has 164 valence electrons. The number of nitro groups is 1. The average molecular weight is 500 g/mol. The van der Waals surface area contributed by atoms with Crippen LogP contribution in [-0.4, -0.2) is 35.8 Å². The van der Waals surface area contributed by atoms with Crippen molar-refractivity contribution in [1.29, 1.82) is 0 Å². The molecule has 1 atom stereocenters. The molecular weight excluding hydrogens is 482 g/mol. The average Bonchev–Trinajstić information content (AvgIpc) is 3.45. The van der Waals surface area contributed by atoms with Crippen molar-refractivity contribution in [2.75, 3.05) is 14.2 Å². The van der Waals surface area contributed by atoms with E-state index in [0.29, 0.717) is 39.4 Å². The van der Waals surface area contributed by atoms with E-state index in [1.165, 1.54) is 23.2 Å². The molecule has 0 radical (unpaired) electrons. The fourth-order valence-electron chi connectivity index (χ4n) is 3.55. The molecule has 0 saturated heterocycles. The Balaban J connectivity index is 1.80. The predicted molar refractivity (Wildman–Crippen MR) is 119 cm³/mol. The molecule has 4 rings (SSSR count). The minimum absolute atomic E-state index is 0.0666. The van der Waals surface area contributed by atoms with Crippen molar-refractivity contribution >= 4 is 33.2 Å². The van der Waals surface area contributed by atoms with E-state index in [1.54, 1.807) is 50.6 Å². The van der Waals surface area contributed by atoms with Crippen molar-refractivity contribution in [2.24, 2.45) is 5.10 Å². The number of non-ortho nitro benzene ring substituents is 1. The molecule has 1 amide bonds. The van der Waals surface area contributed by atoms with Crippen LogP contribution in [0.5, 0.6) is 11.5 Å². The van der Waals surface area contributed by atoms with Crippen LogP contribution in [0, 0.1) is 10.1 Å². The number of benzene rings is 2. The molecule has 0 fully saturated rings. The molecule has 3 aromatic rings. The van der Waals surface area contributed by atoms with Gasteiger partial charge >= 0.3 is 5.91 Å². The number of halogens is 1. The number of amides is 1. The second-order valence-corrected chi connectivity index (χ2v) is 7.72. The third-order valence-electron chi connectivity index (χ3n) is 5.09. The molecular formula is C22H18BrN3O6. The van der Waals surface area contributed by atoms with E-state index in [1.807, 2.05) is 0 Å². The maximum absolute atomic E-state index is 13.2. The molecule has 0 unspecified atom stereocenters. The number of hydrogen-bond donors (Lipinski definition) is 0. The Hall–Kier alpha value is -3.66. The third kappa shape index (κ3) is 4.09. The molecule has 0 bridgehead atoms. The Morgan fingerprint density at radius 3 is 2.66 bits per heavy atom. The van der Waals surface area contributed by atoms with Crippen LogP contribution in [0.1, 0.15) is 34.1 Å². The first-order valence-electron chi connectivity index (χ1n) is 9.54. The Morgan fingerprint density at radius 2 is 2.00 bits per heavy atom. The molecule has 10 heteroatoms. The van der Waals surface area contributed by atoms with Gasteiger partial charge in [0.1, 0.15) is 11.5 Å². The third-order valence-corrected chi connectivity index (χ3v) is 5.51. The Morgan fingerprint density at radius 1 is 1.19 bits per heavy atom. The first-order chi connectivity index (χ1) is 15.4. The monoisotopic (exact) mass is 499 g/mol. The molecule has 0 N–H and O–H groups in total. The topological polar surface area (TPSA) is 107 Å². The first kappa shape index (κ1) is 21.6. The second kappa shape index (κ2) is 8.83. The molecule has 2 heterocycles. The number of nitrogens with zero attached hydrogens (tertiary/aromatic N) is 3. The smallest absolute Gasteiger partial charge is 0.310 e. The van der Waals surface area contributed by atoms with E-state index in [9.17, 15) is 14.9 Å². The van der Waals surface area contributed by atoms with Crippen LogP contribution in [0.25, 0.3) is 0 Å². The summed E-state index contributed by atoms with van der Waals surface area (Å²) in [5.41, 5.74) is 1.76. The molecule has 1 aliphatic rings. The van der Waals surface area contributed by atoms with Gasteiger partial charge in [-0.05, 0) is 51.8 Å². The number of nitro benzene ring substituents is 1. The summed E-state index contributed by atoms with van der Waals surface area (Å²) < 4.78 is 16.6. The van der Waals surface area contributed by atoms with E-state index in [2.05, 4.69) is 21.0 Å². The SMILES string of the molecule is COc1ccc(OC)c(C2=NN(C(=O)c3ccc(Br)o3)[C@H](c3cccc([N+](=O)[O-])c3)C2)c1. The van der Waals surface area contributed by atoms with E-state index in [0.717, 1.165) is 0 Å². The highest BCUT2D eigenvalue weighted by Gasteiger charge is 2.36. The highest BCUT2D eigenvalue weighted by atomic mass is 79.9. The van der Waals surface area contributed by atoms with Crippen molar-refractivity contribution < 1.29 is 23.6 Å². The fraction of sp³-hybridized carbons (Fsp3) is 0.182. The van der Waals surface area contributed by atoms with Crippen LogP contribution >= 0.6 is 15.9 Å². The van der Waals surface area contributed by atoms with E-state index < -0.39 is 16.9 Å².